The van der Waals surface area contributed by atoms with Crippen LogP contribution < -0.4 is 0 Å². The molecule has 0 heterocycles. The molecular weight excluding hydrogens is 444 g/mol. The predicted molar refractivity (Wildman–Crippen MR) is 121 cm³/mol. The lowest BCUT2D eigenvalue weighted by molar-refractivity contribution is -0.275. The van der Waals surface area contributed by atoms with E-state index in [0.717, 1.165) is 31.1 Å². The van der Waals surface area contributed by atoms with E-state index < -0.39 is 22.8 Å². The number of hydrogen-bond donors (Lipinski definition) is 1. The van der Waals surface area contributed by atoms with Crippen molar-refractivity contribution >= 4 is 23.5 Å². The molecule has 8 aliphatic rings. The van der Waals surface area contributed by atoms with Crippen LogP contribution in [0.25, 0.3) is 0 Å². The summed E-state index contributed by atoms with van der Waals surface area (Å²) in [5.41, 5.74) is -2.63. The standard InChI is InChI=1S/C26H37ClO6/c1-2-26(19-4-16-3-17(6-19)7-20(26)5-16)33-22(29)12-31-24-9-18-8-23(30,13-24)14-25(10-18,15-24)32-21(28)11-27/h16-20,30H,2-15H2,1H3. The molecule has 0 aromatic carbocycles. The Bertz CT molecular complexity index is 817. The van der Waals surface area contributed by atoms with Crippen LogP contribution in [0.15, 0.2) is 0 Å². The van der Waals surface area contributed by atoms with Crippen molar-refractivity contribution in [1.29, 1.82) is 0 Å². The van der Waals surface area contributed by atoms with Crippen molar-refractivity contribution in [3.8, 4) is 0 Å². The Labute approximate surface area is 201 Å². The lowest BCUT2D eigenvalue weighted by Gasteiger charge is -2.63. The Balaban J connectivity index is 1.15. The van der Waals surface area contributed by atoms with Gasteiger partial charge in [0.15, 0.2) is 0 Å². The minimum Gasteiger partial charge on any atom is -0.458 e. The first kappa shape index (κ1) is 22.6. The highest BCUT2D eigenvalue weighted by atomic mass is 35.5. The van der Waals surface area contributed by atoms with E-state index in [9.17, 15) is 14.7 Å². The van der Waals surface area contributed by atoms with Gasteiger partial charge in [-0.05, 0) is 87.4 Å². The molecule has 184 valence electrons. The van der Waals surface area contributed by atoms with Gasteiger partial charge in [-0.2, -0.15) is 0 Å². The van der Waals surface area contributed by atoms with Gasteiger partial charge >= 0.3 is 11.9 Å². The van der Waals surface area contributed by atoms with Gasteiger partial charge in [-0.3, -0.25) is 4.79 Å². The number of rotatable bonds is 7. The number of esters is 2. The number of halogens is 1. The molecule has 0 aromatic heterocycles. The van der Waals surface area contributed by atoms with Gasteiger partial charge in [0.2, 0.25) is 0 Å². The summed E-state index contributed by atoms with van der Waals surface area (Å²) in [6.45, 7) is 2.07. The zero-order valence-corrected chi connectivity index (χ0v) is 20.4. The fraction of sp³-hybridized carbons (Fsp3) is 0.923. The first-order valence-electron chi connectivity index (χ1n) is 13.0. The fourth-order valence-corrected chi connectivity index (χ4v) is 10.1. The molecule has 8 saturated carbocycles. The second-order valence-corrected chi connectivity index (χ2v) is 12.8. The number of carbonyl (C=O) groups is 2. The fourth-order valence-electron chi connectivity index (χ4n) is 10.0. The topological polar surface area (TPSA) is 82.1 Å². The molecule has 0 aromatic rings. The predicted octanol–water partition coefficient (Wildman–Crippen LogP) is 4.14. The van der Waals surface area contributed by atoms with Gasteiger partial charge in [0, 0.05) is 19.3 Å². The van der Waals surface area contributed by atoms with E-state index in [1.54, 1.807) is 0 Å². The molecule has 6 nitrogen and oxygen atoms in total. The van der Waals surface area contributed by atoms with E-state index in [1.807, 2.05) is 0 Å². The van der Waals surface area contributed by atoms with Crippen molar-refractivity contribution < 1.29 is 28.9 Å². The Morgan fingerprint density at radius 2 is 1.48 bits per heavy atom. The summed E-state index contributed by atoms with van der Waals surface area (Å²) < 4.78 is 18.5. The molecule has 4 unspecified atom stereocenters. The number of ether oxygens (including phenoxy) is 3. The Hall–Kier alpha value is -0.850. The minimum atomic E-state index is -0.915. The summed E-state index contributed by atoms with van der Waals surface area (Å²) >= 11 is 5.71. The maximum Gasteiger partial charge on any atom is 0.332 e. The van der Waals surface area contributed by atoms with Crippen LogP contribution in [0.5, 0.6) is 0 Å². The lowest BCUT2D eigenvalue weighted by atomic mass is 9.49. The second kappa shape index (κ2) is 7.57. The summed E-state index contributed by atoms with van der Waals surface area (Å²) in [5.74, 6) is 1.90. The minimum absolute atomic E-state index is 0.101. The van der Waals surface area contributed by atoms with E-state index >= 15 is 0 Å². The molecule has 0 radical (unpaired) electrons. The van der Waals surface area contributed by atoms with Crippen LogP contribution >= 0.6 is 11.6 Å². The van der Waals surface area contributed by atoms with E-state index in [4.69, 9.17) is 25.8 Å². The summed E-state index contributed by atoms with van der Waals surface area (Å²) in [4.78, 5) is 25.2. The molecule has 7 heteroatoms. The highest BCUT2D eigenvalue weighted by molar-refractivity contribution is 6.26. The highest BCUT2D eigenvalue weighted by Gasteiger charge is 2.66. The zero-order valence-electron chi connectivity index (χ0n) is 19.7. The molecule has 0 aliphatic heterocycles. The molecule has 0 spiro atoms. The van der Waals surface area contributed by atoms with Gasteiger partial charge in [0.1, 0.15) is 23.7 Å². The summed E-state index contributed by atoms with van der Waals surface area (Å²) in [6.07, 6.45) is 10.7. The first-order valence-corrected chi connectivity index (χ1v) is 13.6. The smallest absolute Gasteiger partial charge is 0.332 e. The van der Waals surface area contributed by atoms with Gasteiger partial charge in [0.25, 0.3) is 0 Å². The lowest BCUT2D eigenvalue weighted by Crippen LogP contribution is -2.68. The normalized spacial score (nSPS) is 51.1. The average molecular weight is 481 g/mol. The SMILES string of the molecule is CCC1(OC(=O)COC23CC4CC(O)(C2)CC(OC(=O)CCl)(C4)C3)C2CC3CC(C2)CC1C3. The van der Waals surface area contributed by atoms with Crippen LogP contribution in [0, 0.1) is 29.6 Å². The summed E-state index contributed by atoms with van der Waals surface area (Å²) in [7, 11) is 0. The van der Waals surface area contributed by atoms with Crippen molar-refractivity contribution in [3.63, 3.8) is 0 Å². The number of carbonyl (C=O) groups excluding carboxylic acids is 2. The van der Waals surface area contributed by atoms with Gasteiger partial charge in [-0.25, -0.2) is 4.79 Å². The molecule has 0 saturated heterocycles. The summed E-state index contributed by atoms with van der Waals surface area (Å²) in [5, 5.41) is 11.2. The van der Waals surface area contributed by atoms with Crippen molar-refractivity contribution in [1.82, 2.24) is 0 Å². The van der Waals surface area contributed by atoms with Crippen LogP contribution in [-0.2, 0) is 23.8 Å². The molecule has 8 aliphatic carbocycles. The van der Waals surface area contributed by atoms with Gasteiger partial charge < -0.3 is 19.3 Å². The second-order valence-electron chi connectivity index (χ2n) is 12.6. The largest absolute Gasteiger partial charge is 0.458 e. The van der Waals surface area contributed by atoms with Crippen LogP contribution in [0.4, 0.5) is 0 Å². The number of hydrogen-bond acceptors (Lipinski definition) is 6. The van der Waals surface area contributed by atoms with Gasteiger partial charge in [0.05, 0.1) is 11.2 Å². The Morgan fingerprint density at radius 1 is 0.848 bits per heavy atom. The van der Waals surface area contributed by atoms with Crippen LogP contribution in [0.1, 0.15) is 84.0 Å². The first-order chi connectivity index (χ1) is 15.7. The average Bonchev–Trinajstić information content (AvgIpc) is 2.72. The quantitative estimate of drug-likeness (QED) is 0.435. The molecule has 8 fully saturated rings. The van der Waals surface area contributed by atoms with Crippen LogP contribution in [0.2, 0.25) is 0 Å². The number of alkyl halides is 1. The highest BCUT2D eigenvalue weighted by Crippen LogP contribution is 2.63. The maximum absolute atomic E-state index is 13.2. The van der Waals surface area contributed by atoms with Crippen LogP contribution in [-0.4, -0.2) is 51.9 Å². The molecular formula is C26H37ClO6. The molecule has 1 N–H and O–H groups in total. The Morgan fingerprint density at radius 3 is 2.09 bits per heavy atom. The zero-order chi connectivity index (χ0) is 23.1. The van der Waals surface area contributed by atoms with Crippen molar-refractivity contribution in [3.05, 3.63) is 0 Å². The van der Waals surface area contributed by atoms with Crippen molar-refractivity contribution in [2.45, 2.75) is 106 Å². The van der Waals surface area contributed by atoms with Crippen LogP contribution in [0.3, 0.4) is 0 Å². The number of aliphatic hydroxyl groups is 1. The molecule has 8 rings (SSSR count). The van der Waals surface area contributed by atoms with Crippen molar-refractivity contribution in [2.75, 3.05) is 12.5 Å². The summed E-state index contributed by atoms with van der Waals surface area (Å²) in [6, 6.07) is 0. The third-order valence-corrected chi connectivity index (χ3v) is 10.5. The molecule has 0 amide bonds. The van der Waals surface area contributed by atoms with E-state index in [2.05, 4.69) is 6.92 Å². The third kappa shape index (κ3) is 3.65. The molecule has 4 atom stereocenters. The van der Waals surface area contributed by atoms with E-state index in [1.165, 1.54) is 32.1 Å². The Kier molecular flexibility index (Phi) is 5.19. The monoisotopic (exact) mass is 480 g/mol. The molecule has 8 bridgehead atoms. The van der Waals surface area contributed by atoms with E-state index in [0.29, 0.717) is 37.5 Å². The van der Waals surface area contributed by atoms with Gasteiger partial charge in [-0.1, -0.05) is 6.92 Å². The van der Waals surface area contributed by atoms with Gasteiger partial charge in [-0.15, -0.1) is 11.6 Å². The molecule has 33 heavy (non-hydrogen) atoms. The van der Waals surface area contributed by atoms with Crippen molar-refractivity contribution in [2.24, 2.45) is 29.6 Å². The van der Waals surface area contributed by atoms with E-state index in [-0.39, 0.29) is 30.0 Å². The third-order valence-electron chi connectivity index (χ3n) is 10.2. The maximum atomic E-state index is 13.2.